The van der Waals surface area contributed by atoms with Crippen LogP contribution >= 0.6 is 18.2 Å². The minimum Gasteiger partial charge on any atom is -0.460 e. The van der Waals surface area contributed by atoms with E-state index in [1.165, 1.54) is 32.2 Å². The number of esters is 1. The molecule has 1 fully saturated rings. The molecular formula is C22H24N3O9PS. The molecule has 14 heteroatoms. The number of aryl methyl sites for hydroxylation is 1. The summed E-state index contributed by atoms with van der Waals surface area (Å²) in [7, 11) is 0. The number of hydrogen-bond donors (Lipinski definition) is 1. The molecule has 0 bridgehead atoms. The van der Waals surface area contributed by atoms with Crippen molar-refractivity contribution in [3.05, 3.63) is 68.5 Å². The van der Waals surface area contributed by atoms with Crippen LogP contribution in [0, 0.1) is 18.3 Å². The molecule has 0 radical (unpaired) electrons. The van der Waals surface area contributed by atoms with E-state index >= 15 is 0 Å². The Morgan fingerprint density at radius 2 is 2.00 bits per heavy atom. The molecule has 3 rings (SSSR count). The smallest absolute Gasteiger partial charge is 0.386 e. The van der Waals surface area contributed by atoms with Crippen molar-refractivity contribution in [1.29, 1.82) is 5.26 Å². The van der Waals surface area contributed by atoms with Crippen molar-refractivity contribution in [2.75, 3.05) is 12.4 Å². The zero-order valence-electron chi connectivity index (χ0n) is 19.4. The van der Waals surface area contributed by atoms with Crippen LogP contribution in [0.3, 0.4) is 0 Å². The predicted molar refractivity (Wildman–Crippen MR) is 128 cm³/mol. The summed E-state index contributed by atoms with van der Waals surface area (Å²) in [5, 5.41) is 8.55. The van der Waals surface area contributed by atoms with Gasteiger partial charge in [0.15, 0.2) is 0 Å². The zero-order chi connectivity index (χ0) is 26.5. The maximum Gasteiger partial charge on any atom is 0.386 e. The number of ether oxygens (including phenoxy) is 2. The lowest BCUT2D eigenvalue weighted by Gasteiger charge is -2.19. The number of rotatable bonds is 9. The monoisotopic (exact) mass is 537 g/mol. The van der Waals surface area contributed by atoms with Gasteiger partial charge < -0.3 is 14.4 Å². The van der Waals surface area contributed by atoms with E-state index in [9.17, 15) is 28.6 Å². The molecule has 1 aliphatic heterocycles. The number of benzene rings is 1. The van der Waals surface area contributed by atoms with Gasteiger partial charge in [-0.25, -0.2) is 9.36 Å². The number of nitrogens with zero attached hydrogens (tertiary/aromatic N) is 3. The Balaban J connectivity index is 1.88. The second-order valence-electron chi connectivity index (χ2n) is 7.83. The van der Waals surface area contributed by atoms with Crippen LogP contribution in [0.15, 0.2) is 46.1 Å². The highest BCUT2D eigenvalue weighted by Crippen LogP contribution is 2.56. The van der Waals surface area contributed by atoms with Crippen LogP contribution in [-0.4, -0.2) is 50.5 Å². The van der Waals surface area contributed by atoms with Crippen LogP contribution in [0.4, 0.5) is 0 Å². The standard InChI is InChI=1S/C22H24N3O9PS/c1-14-12-24(22(29)25(20(14)27)21(28)16-7-4-3-5-8-16)19-11-17(33-15(2)26)18(34-19)13-36-35(30,31)32-10-6-9-23/h3-5,7-8,12,17-19H,6,10-11,13H2,1-2H3,(H,30,31)/t17-,18+,19+/m0/s1. The van der Waals surface area contributed by atoms with Crippen molar-refractivity contribution < 1.29 is 33.0 Å². The molecule has 36 heavy (non-hydrogen) atoms. The van der Waals surface area contributed by atoms with Gasteiger partial charge in [-0.1, -0.05) is 18.2 Å². The molecule has 2 aromatic rings. The predicted octanol–water partition coefficient (Wildman–Crippen LogP) is 1.99. The minimum absolute atomic E-state index is 0.00704. The normalized spacial score (nSPS) is 20.9. The molecule has 1 aromatic heterocycles. The number of aromatic nitrogens is 2. The Bertz CT molecular complexity index is 1330. The first-order valence-corrected chi connectivity index (χ1v) is 14.0. The number of carbonyl (C=O) groups is 2. The molecule has 0 saturated carbocycles. The quantitative estimate of drug-likeness (QED) is 0.282. The molecule has 192 valence electrons. The summed E-state index contributed by atoms with van der Waals surface area (Å²) in [5.41, 5.74) is -1.46. The van der Waals surface area contributed by atoms with Crippen LogP contribution in [0.1, 0.15) is 41.9 Å². The fourth-order valence-electron chi connectivity index (χ4n) is 3.56. The third kappa shape index (κ3) is 6.60. The van der Waals surface area contributed by atoms with E-state index in [0.29, 0.717) is 15.9 Å². The average Bonchev–Trinajstić information content (AvgIpc) is 3.22. The molecule has 0 spiro atoms. The van der Waals surface area contributed by atoms with Gasteiger partial charge in [-0.05, 0) is 30.4 Å². The van der Waals surface area contributed by atoms with Crippen molar-refractivity contribution in [2.45, 2.75) is 45.1 Å². The van der Waals surface area contributed by atoms with Gasteiger partial charge in [-0.2, -0.15) is 9.83 Å². The summed E-state index contributed by atoms with van der Waals surface area (Å²) in [6.45, 7) is -1.72. The van der Waals surface area contributed by atoms with E-state index in [2.05, 4.69) is 0 Å². The summed E-state index contributed by atoms with van der Waals surface area (Å²) in [6, 6.07) is 9.64. The molecule has 4 atom stereocenters. The minimum atomic E-state index is -4.12. The lowest BCUT2D eigenvalue weighted by molar-refractivity contribution is -0.148. The van der Waals surface area contributed by atoms with E-state index in [4.69, 9.17) is 19.3 Å². The van der Waals surface area contributed by atoms with E-state index in [-0.39, 0.29) is 36.3 Å². The summed E-state index contributed by atoms with van der Waals surface area (Å²) < 4.78 is 29.8. The van der Waals surface area contributed by atoms with Gasteiger partial charge in [0.05, 0.1) is 19.1 Å². The Kier molecular flexibility index (Phi) is 9.05. The summed E-state index contributed by atoms with van der Waals surface area (Å²) in [4.78, 5) is 60.4. The highest BCUT2D eigenvalue weighted by atomic mass is 32.7. The molecule has 1 aromatic carbocycles. The second kappa shape index (κ2) is 11.8. The van der Waals surface area contributed by atoms with Gasteiger partial charge in [0.25, 0.3) is 11.5 Å². The fourth-order valence-corrected chi connectivity index (χ4v) is 6.04. The summed E-state index contributed by atoms with van der Waals surface area (Å²) >= 11 is 0.536. The maximum atomic E-state index is 13.2. The topological polar surface area (TPSA) is 167 Å². The molecule has 1 unspecified atom stereocenters. The van der Waals surface area contributed by atoms with E-state index in [0.717, 1.165) is 4.57 Å². The Hall–Kier alpha value is -3.01. The van der Waals surface area contributed by atoms with Gasteiger partial charge in [0.2, 0.25) is 0 Å². The van der Waals surface area contributed by atoms with E-state index < -0.39 is 48.4 Å². The summed E-state index contributed by atoms with van der Waals surface area (Å²) in [6.07, 6.45) is -1.63. The molecule has 12 nitrogen and oxygen atoms in total. The van der Waals surface area contributed by atoms with E-state index in [1.807, 2.05) is 0 Å². The fraction of sp³-hybridized carbons (Fsp3) is 0.409. The molecule has 1 aliphatic rings. The van der Waals surface area contributed by atoms with Crippen molar-refractivity contribution in [3.63, 3.8) is 0 Å². The Labute approximate surface area is 209 Å². The SMILES string of the molecule is CC(=O)O[C@H]1C[C@H](n2cc(C)c(=O)n(C(=O)c3ccccc3)c2=O)O[C@@H]1CSP(=O)(O)OCCC#N. The number of carbonyl (C=O) groups excluding carboxylic acids is 2. The Morgan fingerprint density at radius 1 is 1.31 bits per heavy atom. The first-order chi connectivity index (χ1) is 17.0. The molecule has 2 heterocycles. The van der Waals surface area contributed by atoms with Gasteiger partial charge in [0.1, 0.15) is 18.4 Å². The highest BCUT2D eigenvalue weighted by molar-refractivity contribution is 8.54. The largest absolute Gasteiger partial charge is 0.460 e. The van der Waals surface area contributed by atoms with Crippen molar-refractivity contribution in [1.82, 2.24) is 9.13 Å². The van der Waals surface area contributed by atoms with Crippen LogP contribution in [0.25, 0.3) is 0 Å². The van der Waals surface area contributed by atoms with Gasteiger partial charge in [-0.15, -0.1) is 0 Å². The molecule has 1 saturated heterocycles. The third-order valence-electron chi connectivity index (χ3n) is 5.19. The first-order valence-electron chi connectivity index (χ1n) is 10.8. The average molecular weight is 537 g/mol. The lowest BCUT2D eigenvalue weighted by Crippen LogP contribution is -2.45. The lowest BCUT2D eigenvalue weighted by atomic mass is 10.2. The van der Waals surface area contributed by atoms with Crippen LogP contribution < -0.4 is 11.2 Å². The van der Waals surface area contributed by atoms with Gasteiger partial charge >= 0.3 is 18.5 Å². The molecular weight excluding hydrogens is 513 g/mol. The van der Waals surface area contributed by atoms with Crippen LogP contribution in [0.5, 0.6) is 0 Å². The first kappa shape index (κ1) is 27.6. The van der Waals surface area contributed by atoms with Crippen molar-refractivity contribution in [2.24, 2.45) is 0 Å². The third-order valence-corrected chi connectivity index (χ3v) is 8.24. The number of hydrogen-bond acceptors (Lipinski definition) is 10. The number of nitriles is 1. The Morgan fingerprint density at radius 3 is 2.64 bits per heavy atom. The van der Waals surface area contributed by atoms with Crippen LogP contribution in [-0.2, 0) is 23.4 Å². The summed E-state index contributed by atoms with van der Waals surface area (Å²) in [5.74, 6) is -1.56. The molecule has 0 aliphatic carbocycles. The molecule has 0 amide bonds. The molecule has 1 N–H and O–H groups in total. The zero-order valence-corrected chi connectivity index (χ0v) is 21.1. The van der Waals surface area contributed by atoms with E-state index in [1.54, 1.807) is 24.3 Å². The highest BCUT2D eigenvalue weighted by Gasteiger charge is 2.41. The van der Waals surface area contributed by atoms with Crippen molar-refractivity contribution in [3.8, 4) is 6.07 Å². The van der Waals surface area contributed by atoms with Crippen LogP contribution in [0.2, 0.25) is 0 Å². The second-order valence-corrected chi connectivity index (χ2v) is 11.8. The van der Waals surface area contributed by atoms with Crippen molar-refractivity contribution >= 4 is 30.1 Å². The maximum absolute atomic E-state index is 13.2. The van der Waals surface area contributed by atoms with Gasteiger partial charge in [0, 0.05) is 36.4 Å². The van der Waals surface area contributed by atoms with Gasteiger partial charge in [-0.3, -0.25) is 23.5 Å².